The number of anilines is 2. The molecule has 4 aromatic rings. The Kier molecular flexibility index (Phi) is 7.00. The highest BCUT2D eigenvalue weighted by molar-refractivity contribution is 7.71. The normalized spacial score (nSPS) is 15.7. The molecular weight excluding hydrogens is 473 g/mol. The molecule has 1 aliphatic heterocycles. The van der Waals surface area contributed by atoms with Crippen LogP contribution in [0.4, 0.5) is 11.5 Å². The molecule has 1 amide bonds. The minimum atomic E-state index is -3.49. The lowest BCUT2D eigenvalue weighted by Gasteiger charge is -2.35. The summed E-state index contributed by atoms with van der Waals surface area (Å²) in [6.07, 6.45) is 0. The number of nitrogens with one attached hydrogen (secondary N) is 2. The van der Waals surface area contributed by atoms with Crippen molar-refractivity contribution in [2.75, 3.05) is 36.7 Å². The van der Waals surface area contributed by atoms with Crippen LogP contribution in [0.2, 0.25) is 0 Å². The van der Waals surface area contributed by atoms with Crippen molar-refractivity contribution in [3.63, 3.8) is 0 Å². The third kappa shape index (κ3) is 4.84. The van der Waals surface area contributed by atoms with Crippen LogP contribution in [0.1, 0.15) is 16.1 Å². The van der Waals surface area contributed by atoms with Gasteiger partial charge in [-0.2, -0.15) is 5.10 Å². The molecule has 1 saturated heterocycles. The molecule has 1 aromatic heterocycles. The van der Waals surface area contributed by atoms with Gasteiger partial charge in [-0.3, -0.25) is 9.36 Å². The average molecular weight is 502 g/mol. The van der Waals surface area contributed by atoms with Crippen molar-refractivity contribution in [3.8, 4) is 5.69 Å². The maximum Gasteiger partial charge on any atom is 0.272 e. The highest BCUT2D eigenvalue weighted by atomic mass is 31.2. The highest BCUT2D eigenvalue weighted by Gasteiger charge is 2.40. The van der Waals surface area contributed by atoms with Crippen molar-refractivity contribution >= 4 is 30.2 Å². The first-order valence-corrected chi connectivity index (χ1v) is 13.5. The number of carbonyl (C=O) groups is 1. The van der Waals surface area contributed by atoms with Gasteiger partial charge in [-0.1, -0.05) is 54.6 Å². The van der Waals surface area contributed by atoms with Crippen LogP contribution in [0.15, 0.2) is 91.0 Å². The molecule has 3 aromatic carbocycles. The van der Waals surface area contributed by atoms with Crippen LogP contribution in [0.3, 0.4) is 0 Å². The number of carbonyl (C=O) groups excluding carboxylic acids is 1. The maximum atomic E-state index is 15.1. The van der Waals surface area contributed by atoms with Crippen LogP contribution < -0.4 is 15.7 Å². The van der Waals surface area contributed by atoms with E-state index in [2.05, 4.69) is 10.4 Å². The Hall–Kier alpha value is -3.71. The van der Waals surface area contributed by atoms with Gasteiger partial charge in [-0.05, 0) is 43.3 Å². The lowest BCUT2D eigenvalue weighted by atomic mass is 10.2. The van der Waals surface area contributed by atoms with Gasteiger partial charge in [0.25, 0.3) is 13.4 Å². The quantitative estimate of drug-likeness (QED) is 0.357. The van der Waals surface area contributed by atoms with E-state index in [1.165, 1.54) is 0 Å². The maximum absolute atomic E-state index is 15.1. The number of aryl methyl sites for hydroxylation is 1. The first kappa shape index (κ1) is 24.0. The molecule has 5 rings (SSSR count). The number of hydrogen-bond acceptors (Lipinski definition) is 4. The van der Waals surface area contributed by atoms with Crippen molar-refractivity contribution in [2.24, 2.45) is 0 Å². The molecule has 1 unspecified atom stereocenters. The summed E-state index contributed by atoms with van der Waals surface area (Å²) < 4.78 is 24.2. The lowest BCUT2D eigenvalue weighted by Crippen LogP contribution is -2.40. The molecule has 9 heteroatoms. The topological polar surface area (TPSA) is 88.5 Å². The minimum Gasteiger partial charge on any atom is -0.379 e. The first-order valence-electron chi connectivity index (χ1n) is 11.8. The van der Waals surface area contributed by atoms with E-state index in [0.29, 0.717) is 48.7 Å². The molecule has 0 spiro atoms. The molecule has 1 aliphatic rings. The second-order valence-corrected chi connectivity index (χ2v) is 10.9. The van der Waals surface area contributed by atoms with Gasteiger partial charge >= 0.3 is 0 Å². The molecular formula is C27H28N5O3P. The van der Waals surface area contributed by atoms with Gasteiger partial charge < -0.3 is 15.1 Å². The fourth-order valence-corrected chi connectivity index (χ4v) is 6.99. The fourth-order valence-electron chi connectivity index (χ4n) is 4.31. The number of aromatic nitrogens is 2. The van der Waals surface area contributed by atoms with Gasteiger partial charge in [0.1, 0.15) is 5.30 Å². The van der Waals surface area contributed by atoms with Gasteiger partial charge in [0.2, 0.25) is 0 Å². The number of ether oxygens (including phenoxy) is 1. The smallest absolute Gasteiger partial charge is 0.272 e. The SMILES string of the molecule is Cc1nn(-c2ccccc2)c(NC(=O)c2ccccc2)c1P(=O)(Nc1ccccc1)N1CCOCC1. The molecule has 36 heavy (non-hydrogen) atoms. The van der Waals surface area contributed by atoms with E-state index in [9.17, 15) is 4.79 Å². The molecule has 0 saturated carbocycles. The van der Waals surface area contributed by atoms with Crippen LogP contribution in [0, 0.1) is 6.92 Å². The summed E-state index contributed by atoms with van der Waals surface area (Å²) in [5.74, 6) is 0.0768. The summed E-state index contributed by atoms with van der Waals surface area (Å²) >= 11 is 0. The van der Waals surface area contributed by atoms with Crippen LogP contribution in [0.5, 0.6) is 0 Å². The average Bonchev–Trinajstić information content (AvgIpc) is 3.26. The molecule has 2 heterocycles. The van der Waals surface area contributed by atoms with Gasteiger partial charge in [0, 0.05) is 24.3 Å². The van der Waals surface area contributed by atoms with Crippen molar-refractivity contribution in [3.05, 3.63) is 102 Å². The van der Waals surface area contributed by atoms with Crippen LogP contribution in [-0.4, -0.2) is 46.7 Å². The fraction of sp³-hybridized carbons (Fsp3) is 0.185. The third-order valence-corrected chi connectivity index (χ3v) is 8.94. The monoisotopic (exact) mass is 501 g/mol. The molecule has 0 radical (unpaired) electrons. The van der Waals surface area contributed by atoms with Crippen molar-refractivity contribution in [1.29, 1.82) is 0 Å². The Morgan fingerprint density at radius 3 is 2.11 bits per heavy atom. The number of benzene rings is 3. The van der Waals surface area contributed by atoms with Gasteiger partial charge in [-0.25, -0.2) is 9.35 Å². The standard InChI is InChI=1S/C27H28N5O3P/c1-21-25(36(34,31-17-19-35-20-18-31)30-23-13-7-3-8-14-23)26(28-27(33)22-11-5-2-6-12-22)32(29-21)24-15-9-4-10-16-24/h2-16H,17-20H2,1H3,(H,28,33)(H,30,34). The van der Waals surface area contributed by atoms with E-state index in [4.69, 9.17) is 9.84 Å². The predicted molar refractivity (Wildman–Crippen MR) is 142 cm³/mol. The largest absolute Gasteiger partial charge is 0.379 e. The molecule has 8 nitrogen and oxygen atoms in total. The second-order valence-electron chi connectivity index (χ2n) is 8.47. The number of nitrogens with zero attached hydrogens (tertiary/aromatic N) is 3. The zero-order valence-corrected chi connectivity index (χ0v) is 20.9. The Morgan fingerprint density at radius 2 is 1.47 bits per heavy atom. The van der Waals surface area contributed by atoms with Crippen molar-refractivity contribution in [1.82, 2.24) is 14.5 Å². The van der Waals surface area contributed by atoms with E-state index in [0.717, 1.165) is 11.4 Å². The Labute approximate surface area is 210 Å². The highest BCUT2D eigenvalue weighted by Crippen LogP contribution is 2.51. The summed E-state index contributed by atoms with van der Waals surface area (Å²) in [4.78, 5) is 13.3. The van der Waals surface area contributed by atoms with E-state index in [1.807, 2.05) is 90.5 Å². The number of morpholine rings is 1. The third-order valence-electron chi connectivity index (χ3n) is 6.04. The lowest BCUT2D eigenvalue weighted by molar-refractivity contribution is 0.0729. The molecule has 1 atom stereocenters. The molecule has 2 N–H and O–H groups in total. The predicted octanol–water partition coefficient (Wildman–Crippen LogP) is 4.70. The number of para-hydroxylation sites is 2. The molecule has 0 bridgehead atoms. The zero-order valence-electron chi connectivity index (χ0n) is 20.0. The number of amides is 1. The zero-order chi connectivity index (χ0) is 25.0. The summed E-state index contributed by atoms with van der Waals surface area (Å²) in [5, 5.41) is 11.6. The van der Waals surface area contributed by atoms with Crippen LogP contribution in [-0.2, 0) is 9.30 Å². The second kappa shape index (κ2) is 10.5. The van der Waals surface area contributed by atoms with Gasteiger partial charge in [0.05, 0.1) is 24.6 Å². The Balaban J connectivity index is 1.68. The van der Waals surface area contributed by atoms with Gasteiger partial charge in [-0.15, -0.1) is 0 Å². The molecule has 184 valence electrons. The number of rotatable bonds is 7. The van der Waals surface area contributed by atoms with Crippen molar-refractivity contribution in [2.45, 2.75) is 6.92 Å². The number of hydrogen-bond donors (Lipinski definition) is 2. The van der Waals surface area contributed by atoms with E-state index in [-0.39, 0.29) is 5.91 Å². The summed E-state index contributed by atoms with van der Waals surface area (Å²) in [5.41, 5.74) is 2.54. The van der Waals surface area contributed by atoms with E-state index < -0.39 is 7.44 Å². The first-order chi connectivity index (χ1) is 17.6. The summed E-state index contributed by atoms with van der Waals surface area (Å²) in [6.45, 7) is 3.74. The molecule has 1 fully saturated rings. The van der Waals surface area contributed by atoms with Crippen LogP contribution in [0.25, 0.3) is 5.69 Å². The Morgan fingerprint density at radius 1 is 0.889 bits per heavy atom. The van der Waals surface area contributed by atoms with E-state index in [1.54, 1.807) is 16.8 Å². The van der Waals surface area contributed by atoms with E-state index >= 15 is 4.57 Å². The summed E-state index contributed by atoms with van der Waals surface area (Å²) in [7, 11) is -3.49. The van der Waals surface area contributed by atoms with Crippen LogP contribution >= 0.6 is 7.44 Å². The molecule has 0 aliphatic carbocycles. The Bertz CT molecular complexity index is 1370. The summed E-state index contributed by atoms with van der Waals surface area (Å²) in [6, 6.07) is 28.0. The van der Waals surface area contributed by atoms with Crippen molar-refractivity contribution < 1.29 is 14.1 Å². The van der Waals surface area contributed by atoms with Gasteiger partial charge in [0.15, 0.2) is 5.82 Å². The minimum absolute atomic E-state index is 0.304.